The molecule has 2 unspecified atom stereocenters. The van der Waals surface area contributed by atoms with Gasteiger partial charge in [0.25, 0.3) is 0 Å². The summed E-state index contributed by atoms with van der Waals surface area (Å²) in [5.41, 5.74) is -1.46. The number of hydrogen-bond donors (Lipinski definition) is 2. The van der Waals surface area contributed by atoms with Crippen LogP contribution in [0.2, 0.25) is 0 Å². The predicted octanol–water partition coefficient (Wildman–Crippen LogP) is 4.05. The Labute approximate surface area is 143 Å². The van der Waals surface area contributed by atoms with Crippen molar-refractivity contribution in [2.45, 2.75) is 40.0 Å². The van der Waals surface area contributed by atoms with Crippen LogP contribution in [0.15, 0.2) is 24.3 Å². The first-order chi connectivity index (χ1) is 11.4. The SMILES string of the molecule is CC1(C(=O)O)CCC(C(=O)Nc2ccc(OC(F)(F)F)cc2)C1(C)C. The van der Waals surface area contributed by atoms with Gasteiger partial charge in [0, 0.05) is 11.6 Å². The van der Waals surface area contributed by atoms with Crippen LogP contribution in [0.4, 0.5) is 18.9 Å². The minimum Gasteiger partial charge on any atom is -0.481 e. The maximum Gasteiger partial charge on any atom is 0.573 e. The van der Waals surface area contributed by atoms with Gasteiger partial charge in [0.1, 0.15) is 5.75 Å². The molecule has 0 saturated heterocycles. The molecule has 5 nitrogen and oxygen atoms in total. The molecule has 1 fully saturated rings. The Hall–Kier alpha value is -2.25. The molecule has 25 heavy (non-hydrogen) atoms. The lowest BCUT2D eigenvalue weighted by Crippen LogP contribution is -2.43. The van der Waals surface area contributed by atoms with Crippen molar-refractivity contribution in [3.63, 3.8) is 0 Å². The molecule has 0 aliphatic heterocycles. The fourth-order valence-corrected chi connectivity index (χ4v) is 3.31. The van der Waals surface area contributed by atoms with Gasteiger partial charge in [-0.05, 0) is 49.4 Å². The molecule has 1 aliphatic carbocycles. The van der Waals surface area contributed by atoms with Crippen molar-refractivity contribution >= 4 is 17.6 Å². The molecule has 0 bridgehead atoms. The maximum atomic E-state index is 12.5. The molecule has 0 aromatic heterocycles. The number of halogens is 3. The number of carbonyl (C=O) groups is 2. The highest BCUT2D eigenvalue weighted by Crippen LogP contribution is 2.56. The summed E-state index contributed by atoms with van der Waals surface area (Å²) in [4.78, 5) is 24.1. The second-order valence-corrected chi connectivity index (χ2v) is 7.01. The summed E-state index contributed by atoms with van der Waals surface area (Å²) < 4.78 is 40.2. The molecule has 1 aromatic rings. The number of hydrogen-bond acceptors (Lipinski definition) is 3. The first-order valence-corrected chi connectivity index (χ1v) is 7.77. The summed E-state index contributed by atoms with van der Waals surface area (Å²) in [6.45, 7) is 5.13. The molecule has 1 aliphatic rings. The summed E-state index contributed by atoms with van der Waals surface area (Å²) in [5.74, 6) is -2.19. The average Bonchev–Trinajstić information content (AvgIpc) is 2.71. The van der Waals surface area contributed by atoms with Gasteiger partial charge in [-0.3, -0.25) is 9.59 Å². The van der Waals surface area contributed by atoms with E-state index in [-0.39, 0.29) is 11.7 Å². The lowest BCUT2D eigenvalue weighted by Gasteiger charge is -2.37. The number of anilines is 1. The average molecular weight is 359 g/mol. The van der Waals surface area contributed by atoms with Crippen LogP contribution >= 0.6 is 0 Å². The monoisotopic (exact) mass is 359 g/mol. The summed E-state index contributed by atoms with van der Waals surface area (Å²) in [5, 5.41) is 12.1. The van der Waals surface area contributed by atoms with Gasteiger partial charge in [-0.2, -0.15) is 0 Å². The third kappa shape index (κ3) is 3.72. The minimum absolute atomic E-state index is 0.319. The van der Waals surface area contributed by atoms with Gasteiger partial charge in [0.15, 0.2) is 0 Å². The van der Waals surface area contributed by atoms with Gasteiger partial charge < -0.3 is 15.2 Å². The Kier molecular flexibility index (Phi) is 4.76. The van der Waals surface area contributed by atoms with E-state index in [0.717, 1.165) is 12.1 Å². The van der Waals surface area contributed by atoms with E-state index < -0.39 is 29.1 Å². The zero-order valence-electron chi connectivity index (χ0n) is 14.1. The molecule has 2 rings (SSSR count). The van der Waals surface area contributed by atoms with E-state index in [1.807, 2.05) is 0 Å². The summed E-state index contributed by atoms with van der Waals surface area (Å²) in [6.07, 6.45) is -3.97. The van der Waals surface area contributed by atoms with Gasteiger partial charge in [0.05, 0.1) is 5.41 Å². The largest absolute Gasteiger partial charge is 0.573 e. The van der Waals surface area contributed by atoms with Crippen LogP contribution in [0.3, 0.4) is 0 Å². The van der Waals surface area contributed by atoms with Gasteiger partial charge in [-0.25, -0.2) is 0 Å². The van der Waals surface area contributed by atoms with E-state index in [9.17, 15) is 27.9 Å². The van der Waals surface area contributed by atoms with E-state index >= 15 is 0 Å². The number of nitrogens with one attached hydrogen (secondary N) is 1. The first kappa shape index (κ1) is 19.1. The third-order valence-corrected chi connectivity index (χ3v) is 5.37. The van der Waals surface area contributed by atoms with Crippen LogP contribution in [0, 0.1) is 16.7 Å². The fraction of sp³-hybridized carbons (Fsp3) is 0.529. The maximum absolute atomic E-state index is 12.5. The number of carbonyl (C=O) groups excluding carboxylic acids is 1. The molecule has 8 heteroatoms. The van der Waals surface area contributed by atoms with Crippen LogP contribution in [-0.4, -0.2) is 23.3 Å². The fourth-order valence-electron chi connectivity index (χ4n) is 3.31. The first-order valence-electron chi connectivity index (χ1n) is 7.77. The van der Waals surface area contributed by atoms with Crippen molar-refractivity contribution in [1.82, 2.24) is 0 Å². The molecular formula is C17H20F3NO4. The normalized spacial score (nSPS) is 25.4. The minimum atomic E-state index is -4.78. The zero-order chi connectivity index (χ0) is 19.0. The molecule has 138 valence electrons. The Balaban J connectivity index is 2.09. The summed E-state index contributed by atoms with van der Waals surface area (Å²) in [6, 6.07) is 4.81. The van der Waals surface area contributed by atoms with Crippen molar-refractivity contribution in [2.24, 2.45) is 16.7 Å². The molecule has 1 aromatic carbocycles. The van der Waals surface area contributed by atoms with Crippen molar-refractivity contribution in [3.05, 3.63) is 24.3 Å². The summed E-state index contributed by atoms with van der Waals surface area (Å²) in [7, 11) is 0. The standard InChI is InChI=1S/C17H20F3NO4/c1-15(2)12(8-9-16(15,3)14(23)24)13(22)21-10-4-6-11(7-5-10)25-17(18,19)20/h4-7,12H,8-9H2,1-3H3,(H,21,22)(H,23,24). The predicted molar refractivity (Wildman–Crippen MR) is 84.0 cm³/mol. The Morgan fingerprint density at radius 3 is 2.20 bits per heavy atom. The lowest BCUT2D eigenvalue weighted by molar-refractivity contribution is -0.274. The van der Waals surface area contributed by atoms with Crippen molar-refractivity contribution < 1.29 is 32.6 Å². The van der Waals surface area contributed by atoms with Crippen LogP contribution in [0.1, 0.15) is 33.6 Å². The number of aliphatic carboxylic acids is 1. The number of alkyl halides is 3. The zero-order valence-corrected chi connectivity index (χ0v) is 14.1. The number of rotatable bonds is 4. The van der Waals surface area contributed by atoms with E-state index in [2.05, 4.69) is 10.1 Å². The van der Waals surface area contributed by atoms with E-state index in [0.29, 0.717) is 18.5 Å². The molecule has 0 spiro atoms. The number of carboxylic acids is 1. The van der Waals surface area contributed by atoms with Gasteiger partial charge in [0.2, 0.25) is 5.91 Å². The topological polar surface area (TPSA) is 75.6 Å². The van der Waals surface area contributed by atoms with Crippen LogP contribution in [-0.2, 0) is 9.59 Å². The molecule has 2 N–H and O–H groups in total. The van der Waals surface area contributed by atoms with Crippen molar-refractivity contribution in [2.75, 3.05) is 5.32 Å². The molecule has 2 atom stereocenters. The Morgan fingerprint density at radius 1 is 1.20 bits per heavy atom. The second kappa shape index (κ2) is 6.24. The molecular weight excluding hydrogens is 339 g/mol. The number of amides is 1. The van der Waals surface area contributed by atoms with E-state index in [1.54, 1.807) is 20.8 Å². The lowest BCUT2D eigenvalue weighted by atomic mass is 9.65. The van der Waals surface area contributed by atoms with Crippen LogP contribution in [0.25, 0.3) is 0 Å². The van der Waals surface area contributed by atoms with Gasteiger partial charge in [-0.15, -0.1) is 13.2 Å². The number of benzene rings is 1. The van der Waals surface area contributed by atoms with Crippen molar-refractivity contribution in [1.29, 1.82) is 0 Å². The third-order valence-electron chi connectivity index (χ3n) is 5.37. The molecule has 0 radical (unpaired) electrons. The molecule has 1 amide bonds. The van der Waals surface area contributed by atoms with Gasteiger partial charge >= 0.3 is 12.3 Å². The van der Waals surface area contributed by atoms with Crippen molar-refractivity contribution in [3.8, 4) is 5.75 Å². The Bertz CT molecular complexity index is 669. The van der Waals surface area contributed by atoms with E-state index in [4.69, 9.17) is 0 Å². The summed E-state index contributed by atoms with van der Waals surface area (Å²) >= 11 is 0. The van der Waals surface area contributed by atoms with Crippen LogP contribution in [0.5, 0.6) is 5.75 Å². The van der Waals surface area contributed by atoms with E-state index in [1.165, 1.54) is 12.1 Å². The number of ether oxygens (including phenoxy) is 1. The quantitative estimate of drug-likeness (QED) is 0.850. The number of carboxylic acid groups (broad SMARTS) is 1. The van der Waals surface area contributed by atoms with Crippen LogP contribution < -0.4 is 10.1 Å². The molecule has 1 saturated carbocycles. The molecule has 0 heterocycles. The smallest absolute Gasteiger partial charge is 0.481 e. The van der Waals surface area contributed by atoms with Gasteiger partial charge in [-0.1, -0.05) is 13.8 Å². The highest BCUT2D eigenvalue weighted by Gasteiger charge is 2.58. The highest BCUT2D eigenvalue weighted by molar-refractivity contribution is 5.94. The Morgan fingerprint density at radius 2 is 1.76 bits per heavy atom. The second-order valence-electron chi connectivity index (χ2n) is 7.01. The highest BCUT2D eigenvalue weighted by atomic mass is 19.4.